The molecular formula is C10H11BrN2S2. The molecule has 15 heavy (non-hydrogen) atoms. The summed E-state index contributed by atoms with van der Waals surface area (Å²) in [5, 5.41) is 14.8. The highest BCUT2D eigenvalue weighted by Crippen LogP contribution is 2.34. The summed E-state index contributed by atoms with van der Waals surface area (Å²) in [4.78, 5) is 0.336. The van der Waals surface area contributed by atoms with Crippen molar-refractivity contribution in [2.75, 3.05) is 0 Å². The molecule has 0 radical (unpaired) electrons. The minimum Gasteiger partial charge on any atom is -0.151 e. The lowest BCUT2D eigenvalue weighted by atomic mass is 10.2. The van der Waals surface area contributed by atoms with Crippen LogP contribution in [0.25, 0.3) is 10.6 Å². The summed E-state index contributed by atoms with van der Waals surface area (Å²) < 4.78 is 0. The summed E-state index contributed by atoms with van der Waals surface area (Å²) in [6.07, 6.45) is 1.04. The number of hydrogen-bond donors (Lipinski definition) is 0. The van der Waals surface area contributed by atoms with Gasteiger partial charge in [-0.1, -0.05) is 34.2 Å². The summed E-state index contributed by atoms with van der Waals surface area (Å²) in [7, 11) is 0. The number of thiophene rings is 1. The average molecular weight is 303 g/mol. The third-order valence-corrected chi connectivity index (χ3v) is 5.47. The molecule has 0 fully saturated rings. The molecule has 0 amide bonds. The van der Waals surface area contributed by atoms with Crippen LogP contribution in [0.5, 0.6) is 0 Å². The Morgan fingerprint density at radius 2 is 2.20 bits per heavy atom. The highest BCUT2D eigenvalue weighted by atomic mass is 79.9. The first-order valence-corrected chi connectivity index (χ1v) is 7.40. The van der Waals surface area contributed by atoms with Crippen molar-refractivity contribution < 1.29 is 0 Å². The maximum atomic E-state index is 4.23. The Bertz CT molecular complexity index is 450. The second-order valence-corrected chi connectivity index (χ2v) is 6.15. The Labute approximate surface area is 106 Å². The summed E-state index contributed by atoms with van der Waals surface area (Å²) in [6, 6.07) is 0. The second kappa shape index (κ2) is 4.72. The van der Waals surface area contributed by atoms with Gasteiger partial charge >= 0.3 is 0 Å². The van der Waals surface area contributed by atoms with Gasteiger partial charge in [0.15, 0.2) is 0 Å². The van der Waals surface area contributed by atoms with Gasteiger partial charge in [-0.2, -0.15) is 11.3 Å². The predicted octanol–water partition coefficient (Wildman–Crippen LogP) is 4.42. The first-order chi connectivity index (χ1) is 7.22. The molecule has 0 saturated carbocycles. The first-order valence-electron chi connectivity index (χ1n) is 4.73. The van der Waals surface area contributed by atoms with Gasteiger partial charge in [0.1, 0.15) is 10.0 Å². The van der Waals surface area contributed by atoms with Crippen molar-refractivity contribution in [2.45, 2.75) is 25.1 Å². The summed E-state index contributed by atoms with van der Waals surface area (Å²) >= 11 is 6.98. The van der Waals surface area contributed by atoms with Crippen molar-refractivity contribution in [2.24, 2.45) is 0 Å². The molecule has 0 N–H and O–H groups in total. The highest BCUT2D eigenvalue weighted by Gasteiger charge is 2.14. The number of aromatic nitrogens is 2. The van der Waals surface area contributed by atoms with Crippen LogP contribution in [0.3, 0.4) is 0 Å². The fourth-order valence-corrected chi connectivity index (χ4v) is 3.49. The summed E-state index contributed by atoms with van der Waals surface area (Å²) in [5.74, 6) is 0. The van der Waals surface area contributed by atoms with Crippen molar-refractivity contribution in [3.63, 3.8) is 0 Å². The zero-order chi connectivity index (χ0) is 10.8. The molecule has 0 saturated heterocycles. The van der Waals surface area contributed by atoms with Crippen molar-refractivity contribution in [3.8, 4) is 10.6 Å². The monoisotopic (exact) mass is 302 g/mol. The van der Waals surface area contributed by atoms with E-state index in [0.717, 1.165) is 16.4 Å². The molecule has 0 aliphatic carbocycles. The van der Waals surface area contributed by atoms with Gasteiger partial charge in [-0.05, 0) is 24.3 Å². The van der Waals surface area contributed by atoms with Crippen LogP contribution in [-0.4, -0.2) is 10.2 Å². The van der Waals surface area contributed by atoms with Gasteiger partial charge in [-0.25, -0.2) is 0 Å². The largest absolute Gasteiger partial charge is 0.151 e. The summed E-state index contributed by atoms with van der Waals surface area (Å²) in [6.45, 7) is 4.24. The van der Waals surface area contributed by atoms with Gasteiger partial charge in [0.2, 0.25) is 0 Å². The van der Waals surface area contributed by atoms with Crippen molar-refractivity contribution >= 4 is 38.6 Å². The number of aryl methyl sites for hydroxylation is 1. The zero-order valence-electron chi connectivity index (χ0n) is 8.53. The zero-order valence-corrected chi connectivity index (χ0v) is 11.7. The molecule has 0 bridgehead atoms. The molecule has 2 rings (SSSR count). The van der Waals surface area contributed by atoms with E-state index >= 15 is 0 Å². The number of nitrogens with zero attached hydrogens (tertiary/aromatic N) is 2. The molecule has 2 nitrogen and oxygen atoms in total. The third kappa shape index (κ3) is 2.29. The van der Waals surface area contributed by atoms with Gasteiger partial charge < -0.3 is 0 Å². The Morgan fingerprint density at radius 3 is 2.80 bits per heavy atom. The highest BCUT2D eigenvalue weighted by molar-refractivity contribution is 9.09. The Morgan fingerprint density at radius 1 is 1.40 bits per heavy atom. The van der Waals surface area contributed by atoms with Crippen LogP contribution in [-0.2, 0) is 0 Å². The van der Waals surface area contributed by atoms with E-state index in [1.54, 1.807) is 22.7 Å². The van der Waals surface area contributed by atoms with Crippen LogP contribution in [0.2, 0.25) is 0 Å². The molecule has 1 unspecified atom stereocenters. The van der Waals surface area contributed by atoms with E-state index in [1.165, 1.54) is 11.1 Å². The topological polar surface area (TPSA) is 25.8 Å². The molecule has 0 aliphatic rings. The lowest BCUT2D eigenvalue weighted by Gasteiger charge is -1.97. The van der Waals surface area contributed by atoms with Gasteiger partial charge in [0, 0.05) is 10.9 Å². The third-order valence-electron chi connectivity index (χ3n) is 2.15. The van der Waals surface area contributed by atoms with Gasteiger partial charge in [0.05, 0.1) is 4.83 Å². The van der Waals surface area contributed by atoms with E-state index in [2.05, 4.69) is 50.7 Å². The van der Waals surface area contributed by atoms with Crippen LogP contribution in [0, 0.1) is 6.92 Å². The number of halogens is 1. The number of hydrogen-bond acceptors (Lipinski definition) is 4. The molecule has 1 atom stereocenters. The molecule has 5 heteroatoms. The molecule has 2 aromatic heterocycles. The SMILES string of the molecule is CCC(Br)c1nnc(-c2cscc2C)s1. The quantitative estimate of drug-likeness (QED) is 0.784. The van der Waals surface area contributed by atoms with Crippen molar-refractivity contribution in [1.29, 1.82) is 0 Å². The molecule has 0 aliphatic heterocycles. The van der Waals surface area contributed by atoms with Crippen LogP contribution in [0.1, 0.15) is 28.7 Å². The average Bonchev–Trinajstić information content (AvgIpc) is 2.84. The molecule has 0 spiro atoms. The Kier molecular flexibility index (Phi) is 3.53. The first kappa shape index (κ1) is 11.2. The minimum absolute atomic E-state index is 0.336. The van der Waals surface area contributed by atoms with E-state index in [-0.39, 0.29) is 0 Å². The van der Waals surface area contributed by atoms with Gasteiger partial charge in [-0.3, -0.25) is 0 Å². The summed E-state index contributed by atoms with van der Waals surface area (Å²) in [5.41, 5.74) is 2.50. The molecule has 80 valence electrons. The number of rotatable bonds is 3. The van der Waals surface area contributed by atoms with E-state index in [9.17, 15) is 0 Å². The van der Waals surface area contributed by atoms with Crippen LogP contribution in [0.4, 0.5) is 0 Å². The number of alkyl halides is 1. The van der Waals surface area contributed by atoms with Crippen molar-refractivity contribution in [1.82, 2.24) is 10.2 Å². The van der Waals surface area contributed by atoms with E-state index in [0.29, 0.717) is 4.83 Å². The van der Waals surface area contributed by atoms with Crippen LogP contribution < -0.4 is 0 Å². The molecule has 0 aromatic carbocycles. The smallest absolute Gasteiger partial charge is 0.148 e. The van der Waals surface area contributed by atoms with Crippen LogP contribution >= 0.6 is 38.6 Å². The van der Waals surface area contributed by atoms with E-state index < -0.39 is 0 Å². The Balaban J connectivity index is 2.32. The van der Waals surface area contributed by atoms with Crippen molar-refractivity contribution in [3.05, 3.63) is 21.3 Å². The predicted molar refractivity (Wildman–Crippen MR) is 69.9 cm³/mol. The standard InChI is InChI=1S/C10H11BrN2S2/c1-3-8(11)10-13-12-9(15-10)7-5-14-4-6(7)2/h4-5,8H,3H2,1-2H3. The molecular weight excluding hydrogens is 292 g/mol. The van der Waals surface area contributed by atoms with Gasteiger partial charge in [-0.15, -0.1) is 10.2 Å². The fourth-order valence-electron chi connectivity index (χ4n) is 1.22. The molecule has 2 aromatic rings. The maximum absolute atomic E-state index is 4.23. The second-order valence-electron chi connectivity index (χ2n) is 3.29. The Hall–Kier alpha value is -0.260. The minimum atomic E-state index is 0.336. The maximum Gasteiger partial charge on any atom is 0.148 e. The normalized spacial score (nSPS) is 13.0. The fraction of sp³-hybridized carbons (Fsp3) is 0.400. The lowest BCUT2D eigenvalue weighted by Crippen LogP contribution is -1.84. The van der Waals surface area contributed by atoms with E-state index in [1.807, 2.05) is 0 Å². The lowest BCUT2D eigenvalue weighted by molar-refractivity contribution is 0.870. The van der Waals surface area contributed by atoms with Crippen LogP contribution in [0.15, 0.2) is 10.8 Å². The molecule has 2 heterocycles. The van der Waals surface area contributed by atoms with E-state index in [4.69, 9.17) is 0 Å². The van der Waals surface area contributed by atoms with Gasteiger partial charge in [0.25, 0.3) is 0 Å².